The van der Waals surface area contributed by atoms with E-state index in [1.54, 1.807) is 29.5 Å². The fraction of sp³-hybridized carbons (Fsp3) is 0.294. The lowest BCUT2D eigenvalue weighted by Crippen LogP contribution is -2.37. The summed E-state index contributed by atoms with van der Waals surface area (Å²) in [6, 6.07) is 8.88. The van der Waals surface area contributed by atoms with Crippen LogP contribution in [-0.4, -0.2) is 25.8 Å². The normalized spacial score (nSPS) is 22.4. The van der Waals surface area contributed by atoms with Crippen molar-refractivity contribution in [2.24, 2.45) is 11.0 Å². The van der Waals surface area contributed by atoms with Gasteiger partial charge in [-0.2, -0.15) is 10.1 Å². The van der Waals surface area contributed by atoms with E-state index in [0.29, 0.717) is 22.6 Å². The van der Waals surface area contributed by atoms with Crippen molar-refractivity contribution in [2.75, 3.05) is 10.8 Å². The SMILES string of the molecule is Cc1cc(N2N=C3c4ccccc4S(=O)(=O)CCC3CC2=O)cs1. The number of nitrogens with zero attached hydrogens (tertiary/aromatic N) is 2. The summed E-state index contributed by atoms with van der Waals surface area (Å²) in [5.41, 5.74) is 2.08. The molecule has 2 aliphatic heterocycles. The van der Waals surface area contributed by atoms with Gasteiger partial charge in [-0.05, 0) is 25.5 Å². The molecule has 24 heavy (non-hydrogen) atoms. The predicted octanol–water partition coefficient (Wildman–Crippen LogP) is 2.99. The molecule has 5 nitrogen and oxygen atoms in total. The molecule has 2 aliphatic rings. The molecule has 0 aliphatic carbocycles. The van der Waals surface area contributed by atoms with E-state index in [4.69, 9.17) is 0 Å². The number of amides is 1. The summed E-state index contributed by atoms with van der Waals surface area (Å²) in [5, 5.41) is 7.90. The van der Waals surface area contributed by atoms with Gasteiger partial charge < -0.3 is 0 Å². The first kappa shape index (κ1) is 15.5. The maximum Gasteiger partial charge on any atom is 0.248 e. The third kappa shape index (κ3) is 2.48. The molecule has 1 amide bonds. The van der Waals surface area contributed by atoms with Crippen molar-refractivity contribution in [3.8, 4) is 0 Å². The van der Waals surface area contributed by atoms with E-state index in [-0.39, 0.29) is 24.0 Å². The maximum absolute atomic E-state index is 12.5. The second-order valence-corrected chi connectivity index (χ2v) is 9.30. The summed E-state index contributed by atoms with van der Waals surface area (Å²) in [6.07, 6.45) is 0.718. The van der Waals surface area contributed by atoms with Gasteiger partial charge in [-0.15, -0.1) is 11.3 Å². The lowest BCUT2D eigenvalue weighted by atomic mass is 9.90. The Morgan fingerprint density at radius 1 is 1.29 bits per heavy atom. The van der Waals surface area contributed by atoms with Crippen molar-refractivity contribution in [2.45, 2.75) is 24.7 Å². The number of thiophene rings is 1. The molecule has 1 aromatic heterocycles. The average Bonchev–Trinajstić information content (AvgIpc) is 2.95. The number of carbonyl (C=O) groups excluding carboxylic acids is 1. The van der Waals surface area contributed by atoms with Crippen LogP contribution in [0.25, 0.3) is 0 Å². The lowest BCUT2D eigenvalue weighted by molar-refractivity contribution is -0.119. The van der Waals surface area contributed by atoms with Gasteiger partial charge >= 0.3 is 0 Å². The van der Waals surface area contributed by atoms with Crippen LogP contribution in [0.2, 0.25) is 0 Å². The van der Waals surface area contributed by atoms with Gasteiger partial charge in [0.05, 0.1) is 22.0 Å². The van der Waals surface area contributed by atoms with Gasteiger partial charge in [-0.1, -0.05) is 18.2 Å². The van der Waals surface area contributed by atoms with Gasteiger partial charge in [0.25, 0.3) is 0 Å². The Kier molecular flexibility index (Phi) is 3.58. The Morgan fingerprint density at radius 3 is 2.83 bits per heavy atom. The fourth-order valence-corrected chi connectivity index (χ4v) is 5.52. The number of aryl methyl sites for hydroxylation is 1. The van der Waals surface area contributed by atoms with Crippen LogP contribution in [0.4, 0.5) is 5.69 Å². The van der Waals surface area contributed by atoms with Crippen molar-refractivity contribution in [1.29, 1.82) is 0 Å². The van der Waals surface area contributed by atoms with Crippen LogP contribution in [0.3, 0.4) is 0 Å². The van der Waals surface area contributed by atoms with Crippen LogP contribution in [-0.2, 0) is 14.6 Å². The van der Waals surface area contributed by atoms with Gasteiger partial charge in [0.15, 0.2) is 9.84 Å². The van der Waals surface area contributed by atoms with Crippen LogP contribution in [0.5, 0.6) is 0 Å². The molecular weight excluding hydrogens is 344 g/mol. The number of hydrogen-bond acceptors (Lipinski definition) is 5. The molecule has 0 fully saturated rings. The van der Waals surface area contributed by atoms with Gasteiger partial charge in [-0.25, -0.2) is 8.42 Å². The quantitative estimate of drug-likeness (QED) is 0.785. The molecule has 4 rings (SSSR count). The largest absolute Gasteiger partial charge is 0.273 e. The number of benzene rings is 1. The van der Waals surface area contributed by atoms with E-state index in [0.717, 1.165) is 10.6 Å². The second-order valence-electron chi connectivity index (χ2n) is 6.11. The standard InChI is InChI=1S/C17H16N2O3S2/c1-11-8-13(10-23-11)19-16(20)9-12-6-7-24(21,22)15-5-3-2-4-14(15)17(12)18-19/h2-5,8,10,12H,6-7,9H2,1H3. The van der Waals surface area contributed by atoms with E-state index in [9.17, 15) is 13.2 Å². The number of hydrazone groups is 1. The van der Waals surface area contributed by atoms with E-state index in [1.807, 2.05) is 24.4 Å². The molecule has 1 aromatic carbocycles. The van der Waals surface area contributed by atoms with Crippen LogP contribution in [0, 0.1) is 12.8 Å². The number of rotatable bonds is 1. The van der Waals surface area contributed by atoms with Crippen molar-refractivity contribution >= 4 is 38.5 Å². The molecule has 7 heteroatoms. The molecule has 0 spiro atoms. The summed E-state index contributed by atoms with van der Waals surface area (Å²) >= 11 is 1.56. The number of hydrogen-bond donors (Lipinski definition) is 0. The zero-order chi connectivity index (χ0) is 16.9. The summed E-state index contributed by atoms with van der Waals surface area (Å²) in [5.74, 6) is -0.177. The average molecular weight is 360 g/mol. The zero-order valence-corrected chi connectivity index (χ0v) is 14.7. The Balaban J connectivity index is 1.89. The molecule has 124 valence electrons. The van der Waals surface area contributed by atoms with Crippen molar-refractivity contribution in [3.63, 3.8) is 0 Å². The highest BCUT2D eigenvalue weighted by atomic mass is 32.2. The van der Waals surface area contributed by atoms with Crippen molar-refractivity contribution in [3.05, 3.63) is 46.2 Å². The third-order valence-corrected chi connectivity index (χ3v) is 7.09. The highest BCUT2D eigenvalue weighted by Gasteiger charge is 2.37. The molecule has 0 saturated heterocycles. The first-order chi connectivity index (χ1) is 11.5. The Bertz CT molecular complexity index is 960. The van der Waals surface area contributed by atoms with Crippen LogP contribution >= 0.6 is 11.3 Å². The summed E-state index contributed by atoms with van der Waals surface area (Å²) in [7, 11) is -3.34. The Hall–Kier alpha value is -1.99. The van der Waals surface area contributed by atoms with E-state index in [2.05, 4.69) is 5.10 Å². The van der Waals surface area contributed by atoms with E-state index >= 15 is 0 Å². The molecule has 2 aromatic rings. The molecule has 1 atom stereocenters. The highest BCUT2D eigenvalue weighted by Crippen LogP contribution is 2.34. The summed E-state index contributed by atoms with van der Waals surface area (Å²) in [4.78, 5) is 13.9. The minimum absolute atomic E-state index is 0.0541. The van der Waals surface area contributed by atoms with Gasteiger partial charge in [0.1, 0.15) is 0 Å². The molecule has 0 bridgehead atoms. The second kappa shape index (κ2) is 5.53. The molecule has 3 heterocycles. The Morgan fingerprint density at radius 2 is 2.08 bits per heavy atom. The molecule has 0 saturated carbocycles. The predicted molar refractivity (Wildman–Crippen MR) is 94.3 cm³/mol. The highest BCUT2D eigenvalue weighted by molar-refractivity contribution is 7.91. The molecule has 1 unspecified atom stereocenters. The number of anilines is 1. The first-order valence-corrected chi connectivity index (χ1v) is 10.3. The summed E-state index contributed by atoms with van der Waals surface area (Å²) in [6.45, 7) is 1.98. The van der Waals surface area contributed by atoms with E-state index in [1.165, 1.54) is 5.01 Å². The summed E-state index contributed by atoms with van der Waals surface area (Å²) < 4.78 is 25.0. The minimum atomic E-state index is -3.34. The van der Waals surface area contributed by atoms with E-state index < -0.39 is 9.84 Å². The zero-order valence-electron chi connectivity index (χ0n) is 13.1. The van der Waals surface area contributed by atoms with Gasteiger partial charge in [-0.3, -0.25) is 4.79 Å². The minimum Gasteiger partial charge on any atom is -0.273 e. The molecular formula is C17H16N2O3S2. The third-order valence-electron chi connectivity index (χ3n) is 4.45. The number of sulfone groups is 1. The van der Waals surface area contributed by atoms with Gasteiger partial charge in [0.2, 0.25) is 5.91 Å². The number of carbonyl (C=O) groups is 1. The van der Waals surface area contributed by atoms with Crippen LogP contribution in [0.15, 0.2) is 45.7 Å². The molecule has 0 N–H and O–H groups in total. The molecule has 0 radical (unpaired) electrons. The van der Waals surface area contributed by atoms with Gasteiger partial charge in [0, 0.05) is 28.2 Å². The topological polar surface area (TPSA) is 66.8 Å². The Labute approximate surface area is 144 Å². The maximum atomic E-state index is 12.5. The van der Waals surface area contributed by atoms with Crippen molar-refractivity contribution in [1.82, 2.24) is 0 Å². The number of fused-ring (bicyclic) bond motifs is 3. The van der Waals surface area contributed by atoms with Crippen LogP contribution < -0.4 is 5.01 Å². The smallest absolute Gasteiger partial charge is 0.248 e. The fourth-order valence-electron chi connectivity index (χ4n) is 3.25. The monoisotopic (exact) mass is 360 g/mol. The van der Waals surface area contributed by atoms with Crippen LogP contribution in [0.1, 0.15) is 23.3 Å². The van der Waals surface area contributed by atoms with Crippen molar-refractivity contribution < 1.29 is 13.2 Å². The lowest BCUT2D eigenvalue weighted by Gasteiger charge is -2.28. The first-order valence-electron chi connectivity index (χ1n) is 7.74.